The number of benzene rings is 1. The van der Waals surface area contributed by atoms with E-state index in [0.717, 1.165) is 5.56 Å². The van der Waals surface area contributed by atoms with Crippen LogP contribution in [0.15, 0.2) is 18.2 Å². The summed E-state index contributed by atoms with van der Waals surface area (Å²) >= 11 is 18.4. The summed E-state index contributed by atoms with van der Waals surface area (Å²) in [5, 5.41) is 20.1. The van der Waals surface area contributed by atoms with Crippen molar-refractivity contribution < 1.29 is 4.74 Å². The maximum Gasteiger partial charge on any atom is 0.239 e. The van der Waals surface area contributed by atoms with Crippen LogP contribution in [-0.2, 0) is 0 Å². The number of nitrogens with one attached hydrogen (secondary N) is 1. The van der Waals surface area contributed by atoms with Gasteiger partial charge in [-0.15, -0.1) is 10.2 Å². The lowest BCUT2D eigenvalue weighted by Gasteiger charge is -2.13. The standard InChI is InChI=1S/C15H13Cl3N4O/c1-8(2)10-7-13(21-22-15(10)18)23-14-11(16)5-9(6-12(14)17)20-4-3-19/h5-8,20H,4H2,1-2H3. The molecule has 0 atom stereocenters. The number of hydrogen-bond donors (Lipinski definition) is 1. The van der Waals surface area contributed by atoms with E-state index >= 15 is 0 Å². The van der Waals surface area contributed by atoms with Crippen LogP contribution in [0.3, 0.4) is 0 Å². The van der Waals surface area contributed by atoms with Crippen LogP contribution in [0.1, 0.15) is 25.3 Å². The van der Waals surface area contributed by atoms with Gasteiger partial charge in [0, 0.05) is 11.8 Å². The smallest absolute Gasteiger partial charge is 0.239 e. The fourth-order valence-corrected chi connectivity index (χ4v) is 2.71. The minimum Gasteiger partial charge on any atom is -0.434 e. The molecule has 1 heterocycles. The summed E-state index contributed by atoms with van der Waals surface area (Å²) < 4.78 is 5.66. The molecule has 1 N–H and O–H groups in total. The van der Waals surface area contributed by atoms with Gasteiger partial charge in [-0.25, -0.2) is 0 Å². The first-order valence-electron chi connectivity index (χ1n) is 6.73. The molecular weight excluding hydrogens is 359 g/mol. The highest BCUT2D eigenvalue weighted by Gasteiger charge is 2.14. The van der Waals surface area contributed by atoms with E-state index in [1.165, 1.54) is 0 Å². The van der Waals surface area contributed by atoms with Gasteiger partial charge in [0.15, 0.2) is 10.9 Å². The largest absolute Gasteiger partial charge is 0.434 e. The van der Waals surface area contributed by atoms with Crippen LogP contribution < -0.4 is 10.1 Å². The molecule has 0 fully saturated rings. The molecular formula is C15H13Cl3N4O. The van der Waals surface area contributed by atoms with Crippen molar-refractivity contribution in [3.8, 4) is 17.7 Å². The van der Waals surface area contributed by atoms with Crippen molar-refractivity contribution in [2.75, 3.05) is 11.9 Å². The Labute approximate surface area is 149 Å². The Morgan fingerprint density at radius 3 is 2.39 bits per heavy atom. The van der Waals surface area contributed by atoms with Crippen molar-refractivity contribution in [3.63, 3.8) is 0 Å². The minimum atomic E-state index is 0.146. The third kappa shape index (κ3) is 4.38. The number of nitriles is 1. The number of halogens is 3. The maximum absolute atomic E-state index is 8.58. The Balaban J connectivity index is 2.30. The number of aromatic nitrogens is 2. The molecule has 8 heteroatoms. The highest BCUT2D eigenvalue weighted by atomic mass is 35.5. The zero-order chi connectivity index (χ0) is 17.0. The van der Waals surface area contributed by atoms with E-state index in [4.69, 9.17) is 44.8 Å². The van der Waals surface area contributed by atoms with E-state index in [1.54, 1.807) is 18.2 Å². The highest BCUT2D eigenvalue weighted by molar-refractivity contribution is 6.37. The third-order valence-electron chi connectivity index (χ3n) is 2.95. The topological polar surface area (TPSA) is 70.8 Å². The molecule has 0 aliphatic carbocycles. The van der Waals surface area contributed by atoms with E-state index in [0.29, 0.717) is 20.9 Å². The van der Waals surface area contributed by atoms with Gasteiger partial charge in [0.2, 0.25) is 5.88 Å². The van der Waals surface area contributed by atoms with Gasteiger partial charge in [-0.1, -0.05) is 48.7 Å². The molecule has 0 aliphatic heterocycles. The van der Waals surface area contributed by atoms with Gasteiger partial charge < -0.3 is 10.1 Å². The molecule has 1 aromatic heterocycles. The average Bonchev–Trinajstić information content (AvgIpc) is 2.50. The number of ether oxygens (including phenoxy) is 1. The Morgan fingerprint density at radius 1 is 1.17 bits per heavy atom. The molecule has 23 heavy (non-hydrogen) atoms. The van der Waals surface area contributed by atoms with E-state index < -0.39 is 0 Å². The Bertz CT molecular complexity index is 736. The minimum absolute atomic E-state index is 0.146. The summed E-state index contributed by atoms with van der Waals surface area (Å²) in [6, 6.07) is 6.91. The van der Waals surface area contributed by atoms with Crippen LogP contribution in [0.2, 0.25) is 15.2 Å². The number of hydrogen-bond acceptors (Lipinski definition) is 5. The molecule has 120 valence electrons. The lowest BCUT2D eigenvalue weighted by atomic mass is 10.1. The molecule has 2 rings (SSSR count). The fourth-order valence-electron chi connectivity index (χ4n) is 1.83. The van der Waals surface area contributed by atoms with Crippen molar-refractivity contribution >= 4 is 40.5 Å². The van der Waals surface area contributed by atoms with Gasteiger partial charge >= 0.3 is 0 Å². The molecule has 0 saturated carbocycles. The van der Waals surface area contributed by atoms with Crippen molar-refractivity contribution in [2.45, 2.75) is 19.8 Å². The lowest BCUT2D eigenvalue weighted by Crippen LogP contribution is -2.00. The van der Waals surface area contributed by atoms with Crippen LogP contribution in [-0.4, -0.2) is 16.7 Å². The number of nitrogens with zero attached hydrogens (tertiary/aromatic N) is 3. The average molecular weight is 372 g/mol. The summed E-state index contributed by atoms with van der Waals surface area (Å²) in [6.07, 6.45) is 0. The van der Waals surface area contributed by atoms with Crippen LogP contribution in [0, 0.1) is 11.3 Å². The van der Waals surface area contributed by atoms with Gasteiger partial charge in [0.25, 0.3) is 0 Å². The quantitative estimate of drug-likeness (QED) is 0.723. The van der Waals surface area contributed by atoms with Gasteiger partial charge in [-0.3, -0.25) is 0 Å². The summed E-state index contributed by atoms with van der Waals surface area (Å²) in [6.45, 7) is 4.12. The molecule has 0 aliphatic rings. The second kappa shape index (κ2) is 7.69. The second-order valence-electron chi connectivity index (χ2n) is 4.97. The molecule has 1 aromatic carbocycles. The zero-order valence-electron chi connectivity index (χ0n) is 12.4. The van der Waals surface area contributed by atoms with Crippen LogP contribution in [0.5, 0.6) is 11.6 Å². The van der Waals surface area contributed by atoms with Crippen LogP contribution >= 0.6 is 34.8 Å². The Kier molecular flexibility index (Phi) is 5.89. The number of rotatable bonds is 5. The summed E-state index contributed by atoms with van der Waals surface area (Å²) in [4.78, 5) is 0. The maximum atomic E-state index is 8.58. The molecule has 0 radical (unpaired) electrons. The van der Waals surface area contributed by atoms with E-state index in [2.05, 4.69) is 15.5 Å². The van der Waals surface area contributed by atoms with Crippen molar-refractivity contribution in [3.05, 3.63) is 39.0 Å². The molecule has 0 saturated heterocycles. The van der Waals surface area contributed by atoms with E-state index in [1.807, 2.05) is 19.9 Å². The third-order valence-corrected chi connectivity index (χ3v) is 3.81. The zero-order valence-corrected chi connectivity index (χ0v) is 14.7. The first-order chi connectivity index (χ1) is 10.9. The molecule has 0 spiro atoms. The Morgan fingerprint density at radius 2 is 1.83 bits per heavy atom. The van der Waals surface area contributed by atoms with Crippen LogP contribution in [0.4, 0.5) is 5.69 Å². The molecule has 0 bridgehead atoms. The predicted octanol–water partition coefficient (Wildman–Crippen LogP) is 5.29. The Hall–Kier alpha value is -1.74. The van der Waals surface area contributed by atoms with E-state index in [-0.39, 0.29) is 24.1 Å². The SMILES string of the molecule is CC(C)c1cc(Oc2c(Cl)cc(NCC#N)cc2Cl)nnc1Cl. The van der Waals surface area contributed by atoms with Gasteiger partial charge in [0.1, 0.15) is 6.54 Å². The summed E-state index contributed by atoms with van der Waals surface area (Å²) in [5.74, 6) is 0.686. The van der Waals surface area contributed by atoms with Gasteiger partial charge in [-0.2, -0.15) is 5.26 Å². The molecule has 5 nitrogen and oxygen atoms in total. The first-order valence-corrected chi connectivity index (χ1v) is 7.86. The number of anilines is 1. The molecule has 2 aromatic rings. The lowest BCUT2D eigenvalue weighted by molar-refractivity contribution is 0.454. The molecule has 0 amide bonds. The molecule has 0 unspecified atom stereocenters. The second-order valence-corrected chi connectivity index (χ2v) is 6.14. The van der Waals surface area contributed by atoms with Crippen molar-refractivity contribution in [1.82, 2.24) is 10.2 Å². The van der Waals surface area contributed by atoms with E-state index in [9.17, 15) is 0 Å². The van der Waals surface area contributed by atoms with Gasteiger partial charge in [-0.05, 0) is 23.6 Å². The van der Waals surface area contributed by atoms with Crippen LogP contribution in [0.25, 0.3) is 0 Å². The predicted molar refractivity (Wildman–Crippen MR) is 91.8 cm³/mol. The monoisotopic (exact) mass is 370 g/mol. The van der Waals surface area contributed by atoms with Crippen molar-refractivity contribution in [2.24, 2.45) is 0 Å². The first kappa shape index (κ1) is 17.6. The summed E-state index contributed by atoms with van der Waals surface area (Å²) in [5.41, 5.74) is 1.44. The fraction of sp³-hybridized carbons (Fsp3) is 0.267. The highest BCUT2D eigenvalue weighted by Crippen LogP contribution is 2.39. The normalized spacial score (nSPS) is 10.5. The summed E-state index contributed by atoms with van der Waals surface area (Å²) in [7, 11) is 0. The van der Waals surface area contributed by atoms with Gasteiger partial charge in [0.05, 0.1) is 16.1 Å². The van der Waals surface area contributed by atoms with Crippen molar-refractivity contribution in [1.29, 1.82) is 5.26 Å².